The minimum atomic E-state index is -0.113. The maximum Gasteiger partial charge on any atom is 0.127 e. The Kier molecular flexibility index (Phi) is 4.94. The fourth-order valence-electron chi connectivity index (χ4n) is 2.79. The van der Waals surface area contributed by atoms with E-state index in [0.29, 0.717) is 5.92 Å². The number of benzene rings is 1. The maximum absolute atomic E-state index is 14.1. The van der Waals surface area contributed by atoms with E-state index in [-0.39, 0.29) is 11.2 Å². The molecular weight excluding hydrogens is 241 g/mol. The Morgan fingerprint density at radius 3 is 2.58 bits per heavy atom. The van der Waals surface area contributed by atoms with Crippen LogP contribution in [0.2, 0.25) is 0 Å². The van der Waals surface area contributed by atoms with E-state index in [4.69, 9.17) is 4.74 Å². The highest BCUT2D eigenvalue weighted by Crippen LogP contribution is 2.35. The van der Waals surface area contributed by atoms with Crippen LogP contribution >= 0.6 is 0 Å². The zero-order valence-electron chi connectivity index (χ0n) is 11.9. The summed E-state index contributed by atoms with van der Waals surface area (Å²) < 4.78 is 19.6. The molecule has 1 N–H and O–H groups in total. The Hall–Kier alpha value is -0.930. The van der Waals surface area contributed by atoms with Crippen LogP contribution < -0.4 is 5.32 Å². The van der Waals surface area contributed by atoms with Crippen molar-refractivity contribution in [2.75, 3.05) is 26.3 Å². The molecule has 0 atom stereocenters. The summed E-state index contributed by atoms with van der Waals surface area (Å²) in [5.41, 5.74) is 0.730. The monoisotopic (exact) mass is 265 g/mol. The van der Waals surface area contributed by atoms with E-state index in [1.165, 1.54) is 0 Å². The fraction of sp³-hybridized carbons (Fsp3) is 0.625. The highest BCUT2D eigenvalue weighted by atomic mass is 19.1. The number of nitrogens with one attached hydrogen (secondary N) is 1. The standard InChI is InChI=1S/C16H24FNO/c1-13(2)11-18-12-16(7-9-19-10-8-16)14-5-3-4-6-15(14)17/h3-6,13,18H,7-12H2,1-2H3. The van der Waals surface area contributed by atoms with Crippen LogP contribution in [0.4, 0.5) is 4.39 Å². The van der Waals surface area contributed by atoms with Gasteiger partial charge in [-0.2, -0.15) is 0 Å². The third kappa shape index (κ3) is 3.54. The Morgan fingerprint density at radius 2 is 1.95 bits per heavy atom. The Morgan fingerprint density at radius 1 is 1.26 bits per heavy atom. The predicted molar refractivity (Wildman–Crippen MR) is 75.8 cm³/mol. The normalized spacial score (nSPS) is 18.7. The van der Waals surface area contributed by atoms with E-state index in [9.17, 15) is 4.39 Å². The van der Waals surface area contributed by atoms with Crippen LogP contribution in [0.3, 0.4) is 0 Å². The molecule has 2 rings (SSSR count). The number of halogens is 1. The van der Waals surface area contributed by atoms with Gasteiger partial charge in [0.25, 0.3) is 0 Å². The molecule has 1 heterocycles. The highest BCUT2D eigenvalue weighted by Gasteiger charge is 2.36. The average molecular weight is 265 g/mol. The molecule has 0 saturated carbocycles. The molecular formula is C16H24FNO. The Bertz CT molecular complexity index is 399. The summed E-state index contributed by atoms with van der Waals surface area (Å²) in [6.45, 7) is 7.61. The van der Waals surface area contributed by atoms with E-state index < -0.39 is 0 Å². The van der Waals surface area contributed by atoms with Gasteiger partial charge in [-0.05, 0) is 36.9 Å². The van der Waals surface area contributed by atoms with E-state index in [1.807, 2.05) is 12.1 Å². The third-order valence-corrected chi connectivity index (χ3v) is 3.91. The van der Waals surface area contributed by atoms with Gasteiger partial charge in [0.1, 0.15) is 5.82 Å². The second kappa shape index (κ2) is 6.49. The van der Waals surface area contributed by atoms with Gasteiger partial charge >= 0.3 is 0 Å². The summed E-state index contributed by atoms with van der Waals surface area (Å²) in [7, 11) is 0. The maximum atomic E-state index is 14.1. The molecule has 0 aromatic heterocycles. The molecule has 0 bridgehead atoms. The summed E-state index contributed by atoms with van der Waals surface area (Å²) in [5.74, 6) is 0.522. The molecule has 0 unspecified atom stereocenters. The van der Waals surface area contributed by atoms with Gasteiger partial charge in [-0.1, -0.05) is 32.0 Å². The van der Waals surface area contributed by atoms with Gasteiger partial charge in [0.15, 0.2) is 0 Å². The number of hydrogen-bond donors (Lipinski definition) is 1. The molecule has 106 valence electrons. The van der Waals surface area contributed by atoms with Crippen LogP contribution in [-0.4, -0.2) is 26.3 Å². The minimum absolute atomic E-state index is 0.0873. The summed E-state index contributed by atoms with van der Waals surface area (Å²) in [4.78, 5) is 0. The molecule has 1 aromatic rings. The van der Waals surface area contributed by atoms with Crippen LogP contribution in [0.1, 0.15) is 32.3 Å². The first-order valence-electron chi connectivity index (χ1n) is 7.17. The number of ether oxygens (including phenoxy) is 1. The van der Waals surface area contributed by atoms with Crippen molar-refractivity contribution in [3.05, 3.63) is 35.6 Å². The van der Waals surface area contributed by atoms with Gasteiger partial charge in [0.05, 0.1) is 0 Å². The molecule has 0 radical (unpaired) electrons. The quantitative estimate of drug-likeness (QED) is 0.883. The first-order valence-corrected chi connectivity index (χ1v) is 7.17. The zero-order valence-corrected chi connectivity index (χ0v) is 11.9. The van der Waals surface area contributed by atoms with Crippen molar-refractivity contribution < 1.29 is 9.13 Å². The van der Waals surface area contributed by atoms with Crippen LogP contribution in [-0.2, 0) is 10.2 Å². The van der Waals surface area contributed by atoms with Gasteiger partial charge in [-0.25, -0.2) is 4.39 Å². The lowest BCUT2D eigenvalue weighted by molar-refractivity contribution is 0.0485. The lowest BCUT2D eigenvalue weighted by Crippen LogP contribution is -2.44. The van der Waals surface area contributed by atoms with Crippen molar-refractivity contribution in [1.82, 2.24) is 5.32 Å². The molecule has 1 saturated heterocycles. The van der Waals surface area contributed by atoms with Gasteiger partial charge in [0, 0.05) is 25.2 Å². The summed E-state index contributed by atoms with van der Waals surface area (Å²) >= 11 is 0. The topological polar surface area (TPSA) is 21.3 Å². The lowest BCUT2D eigenvalue weighted by Gasteiger charge is -2.38. The third-order valence-electron chi connectivity index (χ3n) is 3.91. The van der Waals surface area contributed by atoms with Crippen LogP contribution in [0.15, 0.2) is 24.3 Å². The van der Waals surface area contributed by atoms with E-state index >= 15 is 0 Å². The molecule has 3 heteroatoms. The predicted octanol–water partition coefficient (Wildman–Crippen LogP) is 3.12. The molecule has 1 fully saturated rings. The summed E-state index contributed by atoms with van der Waals surface area (Å²) in [6.07, 6.45) is 1.78. The van der Waals surface area contributed by atoms with Crippen molar-refractivity contribution >= 4 is 0 Å². The minimum Gasteiger partial charge on any atom is -0.381 e. The molecule has 2 nitrogen and oxygen atoms in total. The van der Waals surface area contributed by atoms with E-state index in [2.05, 4.69) is 19.2 Å². The smallest absolute Gasteiger partial charge is 0.127 e. The molecule has 1 aliphatic rings. The lowest BCUT2D eigenvalue weighted by atomic mass is 9.73. The number of hydrogen-bond acceptors (Lipinski definition) is 2. The second-order valence-electron chi connectivity index (χ2n) is 5.90. The molecule has 19 heavy (non-hydrogen) atoms. The van der Waals surface area contributed by atoms with Crippen molar-refractivity contribution in [2.45, 2.75) is 32.1 Å². The second-order valence-corrected chi connectivity index (χ2v) is 5.90. The van der Waals surface area contributed by atoms with E-state index in [1.54, 1.807) is 12.1 Å². The largest absolute Gasteiger partial charge is 0.381 e. The fourth-order valence-corrected chi connectivity index (χ4v) is 2.79. The molecule has 0 aliphatic carbocycles. The first-order chi connectivity index (χ1) is 9.14. The molecule has 1 aliphatic heterocycles. The SMILES string of the molecule is CC(C)CNCC1(c2ccccc2F)CCOCC1. The van der Waals surface area contributed by atoms with Crippen molar-refractivity contribution in [3.8, 4) is 0 Å². The van der Waals surface area contributed by atoms with E-state index in [0.717, 1.165) is 44.7 Å². The molecule has 1 aromatic carbocycles. The first kappa shape index (κ1) is 14.5. The van der Waals surface area contributed by atoms with Crippen LogP contribution in [0, 0.1) is 11.7 Å². The zero-order chi connectivity index (χ0) is 13.7. The van der Waals surface area contributed by atoms with Crippen molar-refractivity contribution in [3.63, 3.8) is 0 Å². The number of rotatable bonds is 5. The van der Waals surface area contributed by atoms with Crippen molar-refractivity contribution in [2.24, 2.45) is 5.92 Å². The Labute approximate surface area is 115 Å². The van der Waals surface area contributed by atoms with Crippen LogP contribution in [0.25, 0.3) is 0 Å². The Balaban J connectivity index is 2.17. The van der Waals surface area contributed by atoms with Crippen molar-refractivity contribution in [1.29, 1.82) is 0 Å². The molecule has 0 spiro atoms. The van der Waals surface area contributed by atoms with Gasteiger partial charge in [-0.15, -0.1) is 0 Å². The summed E-state index contributed by atoms with van der Waals surface area (Å²) in [6, 6.07) is 7.18. The van der Waals surface area contributed by atoms with Gasteiger partial charge in [-0.3, -0.25) is 0 Å². The average Bonchev–Trinajstić information content (AvgIpc) is 2.40. The summed E-state index contributed by atoms with van der Waals surface area (Å²) in [5, 5.41) is 3.50. The highest BCUT2D eigenvalue weighted by molar-refractivity contribution is 5.28. The molecule has 0 amide bonds. The van der Waals surface area contributed by atoms with Gasteiger partial charge < -0.3 is 10.1 Å². The van der Waals surface area contributed by atoms with Gasteiger partial charge in [0.2, 0.25) is 0 Å². The van der Waals surface area contributed by atoms with Crippen LogP contribution in [0.5, 0.6) is 0 Å².